The van der Waals surface area contributed by atoms with Gasteiger partial charge in [-0.15, -0.1) is 11.8 Å². The Morgan fingerprint density at radius 2 is 1.88 bits per heavy atom. The number of thioether (sulfide) groups is 1. The quantitative estimate of drug-likeness (QED) is 0.349. The molecule has 3 aromatic rings. The van der Waals surface area contributed by atoms with Crippen LogP contribution in [0.15, 0.2) is 76.2 Å². The summed E-state index contributed by atoms with van der Waals surface area (Å²) in [6, 6.07) is 17.4. The number of furan rings is 1. The van der Waals surface area contributed by atoms with Crippen LogP contribution in [0.1, 0.15) is 36.7 Å². The summed E-state index contributed by atoms with van der Waals surface area (Å²) < 4.78 is 10.7. The summed E-state index contributed by atoms with van der Waals surface area (Å²) in [5.41, 5.74) is 1.16. The molecule has 33 heavy (non-hydrogen) atoms. The average molecular weight is 465 g/mol. The molecule has 2 aromatic carbocycles. The van der Waals surface area contributed by atoms with Crippen molar-refractivity contribution in [2.24, 2.45) is 0 Å². The van der Waals surface area contributed by atoms with Crippen molar-refractivity contribution in [1.29, 1.82) is 0 Å². The molecule has 1 saturated heterocycles. The molecule has 7 nitrogen and oxygen atoms in total. The fourth-order valence-electron chi connectivity index (χ4n) is 3.37. The Morgan fingerprint density at radius 3 is 2.55 bits per heavy atom. The number of nitrogens with zero attached hydrogens (tertiary/aromatic N) is 1. The standard InChI is InChI=1S/C25H24N2O5S/c1-2-3-14-31-19-10-8-18(9-11-19)27-23(28)16-22(25(27)30)33-20-12-6-17(7-13-20)26-24(29)21-5-4-15-32-21/h4-13,15,22H,2-3,14,16H2,1H3,(H,26,29). The first-order valence-electron chi connectivity index (χ1n) is 10.8. The van der Waals surface area contributed by atoms with Crippen LogP contribution < -0.4 is 15.0 Å². The highest BCUT2D eigenvalue weighted by Gasteiger charge is 2.40. The summed E-state index contributed by atoms with van der Waals surface area (Å²) in [6.07, 6.45) is 3.60. The van der Waals surface area contributed by atoms with E-state index in [-0.39, 0.29) is 29.9 Å². The molecule has 0 radical (unpaired) electrons. The van der Waals surface area contributed by atoms with Crippen LogP contribution >= 0.6 is 11.8 Å². The maximum Gasteiger partial charge on any atom is 0.291 e. The summed E-state index contributed by atoms with van der Waals surface area (Å²) >= 11 is 1.34. The first-order chi connectivity index (χ1) is 16.0. The first-order valence-corrected chi connectivity index (χ1v) is 11.6. The topological polar surface area (TPSA) is 88.8 Å². The maximum absolute atomic E-state index is 12.9. The van der Waals surface area contributed by atoms with Crippen LogP contribution in [0.25, 0.3) is 0 Å². The third kappa shape index (κ3) is 5.46. The fraction of sp³-hybridized carbons (Fsp3) is 0.240. The van der Waals surface area contributed by atoms with Gasteiger partial charge in [-0.2, -0.15) is 0 Å². The fourth-order valence-corrected chi connectivity index (χ4v) is 4.43. The molecular weight excluding hydrogens is 440 g/mol. The van der Waals surface area contributed by atoms with E-state index in [2.05, 4.69) is 12.2 Å². The molecule has 8 heteroatoms. The Labute approximate surface area is 196 Å². The van der Waals surface area contributed by atoms with Crippen molar-refractivity contribution in [2.45, 2.75) is 36.3 Å². The van der Waals surface area contributed by atoms with Crippen molar-refractivity contribution < 1.29 is 23.5 Å². The largest absolute Gasteiger partial charge is 0.494 e. The van der Waals surface area contributed by atoms with Crippen molar-refractivity contribution in [3.8, 4) is 5.75 Å². The number of nitrogens with one attached hydrogen (secondary N) is 1. The smallest absolute Gasteiger partial charge is 0.291 e. The molecule has 170 valence electrons. The van der Waals surface area contributed by atoms with Gasteiger partial charge in [-0.3, -0.25) is 14.4 Å². The molecule has 1 aromatic heterocycles. The monoisotopic (exact) mass is 464 g/mol. The SMILES string of the molecule is CCCCOc1ccc(N2C(=O)CC(Sc3ccc(NC(=O)c4ccco4)cc3)C2=O)cc1. The highest BCUT2D eigenvalue weighted by atomic mass is 32.2. The number of rotatable bonds is 9. The Morgan fingerprint density at radius 1 is 1.12 bits per heavy atom. The number of unbranched alkanes of at least 4 members (excludes halogenated alkanes) is 1. The zero-order chi connectivity index (χ0) is 23.2. The van der Waals surface area contributed by atoms with Crippen LogP contribution in [-0.4, -0.2) is 29.6 Å². The van der Waals surface area contributed by atoms with Gasteiger partial charge in [0.25, 0.3) is 5.91 Å². The predicted octanol–water partition coefficient (Wildman–Crippen LogP) is 5.14. The van der Waals surface area contributed by atoms with Crippen molar-refractivity contribution in [3.05, 3.63) is 72.7 Å². The predicted molar refractivity (Wildman–Crippen MR) is 127 cm³/mol. The molecule has 4 rings (SSSR count). The summed E-state index contributed by atoms with van der Waals surface area (Å²) in [5.74, 6) is 0.148. The average Bonchev–Trinajstić information content (AvgIpc) is 3.45. The summed E-state index contributed by atoms with van der Waals surface area (Å²) in [5, 5.41) is 2.25. The number of carbonyl (C=O) groups is 3. The van der Waals surface area contributed by atoms with Crippen LogP contribution in [0.5, 0.6) is 5.75 Å². The van der Waals surface area contributed by atoms with Crippen molar-refractivity contribution in [1.82, 2.24) is 0 Å². The lowest BCUT2D eigenvalue weighted by molar-refractivity contribution is -0.121. The van der Waals surface area contributed by atoms with E-state index in [1.165, 1.54) is 22.9 Å². The van der Waals surface area contributed by atoms with E-state index in [1.54, 1.807) is 48.5 Å². The lowest BCUT2D eigenvalue weighted by atomic mass is 10.2. The molecule has 0 spiro atoms. The van der Waals surface area contributed by atoms with Gasteiger partial charge in [-0.1, -0.05) is 13.3 Å². The van der Waals surface area contributed by atoms with Gasteiger partial charge in [-0.25, -0.2) is 4.90 Å². The summed E-state index contributed by atoms with van der Waals surface area (Å²) in [4.78, 5) is 39.7. The molecular formula is C25H24N2O5S. The number of benzene rings is 2. The van der Waals surface area contributed by atoms with Gasteiger partial charge in [0.1, 0.15) is 5.75 Å². The minimum atomic E-state index is -0.499. The second kappa shape index (κ2) is 10.4. The van der Waals surface area contributed by atoms with E-state index in [4.69, 9.17) is 9.15 Å². The number of hydrogen-bond donors (Lipinski definition) is 1. The number of ether oxygens (including phenoxy) is 1. The minimum Gasteiger partial charge on any atom is -0.494 e. The molecule has 1 atom stereocenters. The minimum absolute atomic E-state index is 0.134. The van der Waals surface area contributed by atoms with E-state index in [1.807, 2.05) is 12.1 Å². The molecule has 1 fully saturated rings. The Balaban J connectivity index is 1.36. The van der Waals surface area contributed by atoms with E-state index < -0.39 is 5.25 Å². The second-order valence-electron chi connectivity index (χ2n) is 7.53. The summed E-state index contributed by atoms with van der Waals surface area (Å²) in [6.45, 7) is 2.74. The Kier molecular flexibility index (Phi) is 7.14. The van der Waals surface area contributed by atoms with Gasteiger partial charge in [0.05, 0.1) is 23.8 Å². The van der Waals surface area contributed by atoms with E-state index in [9.17, 15) is 14.4 Å². The van der Waals surface area contributed by atoms with Crippen LogP contribution in [0.2, 0.25) is 0 Å². The lowest BCUT2D eigenvalue weighted by Gasteiger charge is -2.15. The van der Waals surface area contributed by atoms with Gasteiger partial charge >= 0.3 is 0 Å². The van der Waals surface area contributed by atoms with Crippen molar-refractivity contribution in [2.75, 3.05) is 16.8 Å². The summed E-state index contributed by atoms with van der Waals surface area (Å²) in [7, 11) is 0. The molecule has 0 saturated carbocycles. The normalized spacial score (nSPS) is 15.7. The highest BCUT2D eigenvalue weighted by molar-refractivity contribution is 8.00. The van der Waals surface area contributed by atoms with Gasteiger partial charge in [0.15, 0.2) is 5.76 Å². The lowest BCUT2D eigenvalue weighted by Crippen LogP contribution is -2.31. The highest BCUT2D eigenvalue weighted by Crippen LogP contribution is 2.35. The number of amides is 3. The van der Waals surface area contributed by atoms with E-state index >= 15 is 0 Å². The number of carbonyl (C=O) groups excluding carboxylic acids is 3. The van der Waals surface area contributed by atoms with Gasteiger partial charge in [0, 0.05) is 17.0 Å². The van der Waals surface area contributed by atoms with E-state index in [0.29, 0.717) is 18.0 Å². The number of imide groups is 1. The molecule has 1 N–H and O–H groups in total. The number of anilines is 2. The Bertz CT molecular complexity index is 1110. The third-order valence-corrected chi connectivity index (χ3v) is 6.30. The second-order valence-corrected chi connectivity index (χ2v) is 8.81. The van der Waals surface area contributed by atoms with Crippen LogP contribution in [-0.2, 0) is 9.59 Å². The molecule has 3 amide bonds. The van der Waals surface area contributed by atoms with Crippen LogP contribution in [0.4, 0.5) is 11.4 Å². The Hall–Kier alpha value is -3.52. The molecule has 1 aliphatic rings. The van der Waals surface area contributed by atoms with Crippen molar-refractivity contribution in [3.63, 3.8) is 0 Å². The molecule has 1 unspecified atom stereocenters. The van der Waals surface area contributed by atoms with Gasteiger partial charge < -0.3 is 14.5 Å². The third-order valence-electron chi connectivity index (χ3n) is 5.10. The zero-order valence-electron chi connectivity index (χ0n) is 18.2. The van der Waals surface area contributed by atoms with Crippen molar-refractivity contribution >= 4 is 40.9 Å². The number of hydrogen-bond acceptors (Lipinski definition) is 6. The van der Waals surface area contributed by atoms with E-state index in [0.717, 1.165) is 23.5 Å². The first kappa shape index (κ1) is 22.7. The zero-order valence-corrected chi connectivity index (χ0v) is 19.0. The molecule has 1 aliphatic heterocycles. The maximum atomic E-state index is 12.9. The van der Waals surface area contributed by atoms with Gasteiger partial charge in [0.2, 0.25) is 11.8 Å². The van der Waals surface area contributed by atoms with Crippen LogP contribution in [0.3, 0.4) is 0 Å². The van der Waals surface area contributed by atoms with Crippen LogP contribution in [0, 0.1) is 0 Å². The molecule has 2 heterocycles. The molecule has 0 aliphatic carbocycles. The van der Waals surface area contributed by atoms with Gasteiger partial charge in [-0.05, 0) is 67.1 Å². The molecule has 0 bridgehead atoms.